The summed E-state index contributed by atoms with van der Waals surface area (Å²) in [6.45, 7) is 0. The van der Waals surface area contributed by atoms with Gasteiger partial charge >= 0.3 is 0 Å². The predicted octanol–water partition coefficient (Wildman–Crippen LogP) is 12.4. The average Bonchev–Trinajstić information content (AvgIpc) is 3.49. The van der Waals surface area contributed by atoms with Gasteiger partial charge in [-0.2, -0.15) is 0 Å². The number of fused-ring (bicyclic) bond motifs is 10. The fourth-order valence-corrected chi connectivity index (χ4v) is 7.79. The highest BCUT2D eigenvalue weighted by Crippen LogP contribution is 2.47. The van der Waals surface area contributed by atoms with E-state index >= 15 is 0 Å². The molecule has 0 unspecified atom stereocenters. The molecule has 0 spiro atoms. The van der Waals surface area contributed by atoms with Crippen LogP contribution in [0.25, 0.3) is 97.9 Å². The van der Waals surface area contributed by atoms with Crippen LogP contribution in [0, 0.1) is 0 Å². The summed E-state index contributed by atoms with van der Waals surface area (Å²) in [5, 5.41) is 15.3. The van der Waals surface area contributed by atoms with Crippen molar-refractivity contribution in [3.63, 3.8) is 0 Å². The van der Waals surface area contributed by atoms with Gasteiger partial charge in [0.15, 0.2) is 0 Å². The molecule has 9 aromatic carbocycles. The van der Waals surface area contributed by atoms with Gasteiger partial charge < -0.3 is 4.98 Å². The van der Waals surface area contributed by atoms with Gasteiger partial charge in [0, 0.05) is 21.7 Å². The van der Waals surface area contributed by atoms with E-state index in [0.29, 0.717) is 0 Å². The maximum atomic E-state index is 3.74. The van der Waals surface area contributed by atoms with Gasteiger partial charge in [-0.3, -0.25) is 0 Å². The molecule has 0 bridgehead atoms. The van der Waals surface area contributed by atoms with Crippen molar-refractivity contribution in [1.82, 2.24) is 4.98 Å². The van der Waals surface area contributed by atoms with Crippen LogP contribution in [0.5, 0.6) is 0 Å². The van der Waals surface area contributed by atoms with Gasteiger partial charge in [-0.1, -0.05) is 140 Å². The van der Waals surface area contributed by atoms with E-state index in [1.807, 2.05) is 0 Å². The second kappa shape index (κ2) is 9.29. The highest BCUT2D eigenvalue weighted by Gasteiger charge is 2.19. The van der Waals surface area contributed by atoms with Gasteiger partial charge in [-0.05, 0) is 88.9 Å². The number of aromatic amines is 1. The SMILES string of the molecule is c1ccc2c(c1)cc(-c1c3ccccc3c(-c3ccc4[nH]c5c6ccccc6ccc5c4c3)c3ccccc13)c1ccccc12. The van der Waals surface area contributed by atoms with Crippen LogP contribution in [0.1, 0.15) is 0 Å². The largest absolute Gasteiger partial charge is 0.354 e. The molecule has 1 heteroatoms. The summed E-state index contributed by atoms with van der Waals surface area (Å²) in [4.78, 5) is 3.74. The summed E-state index contributed by atoms with van der Waals surface area (Å²) in [6, 6.07) is 58.0. The van der Waals surface area contributed by atoms with Crippen LogP contribution in [0.3, 0.4) is 0 Å². The molecule has 10 aromatic rings. The topological polar surface area (TPSA) is 15.8 Å². The summed E-state index contributed by atoms with van der Waals surface area (Å²) in [5.74, 6) is 0. The molecule has 1 aromatic heterocycles. The van der Waals surface area contributed by atoms with Crippen LogP contribution in [-0.4, -0.2) is 4.98 Å². The molecule has 45 heavy (non-hydrogen) atoms. The zero-order valence-corrected chi connectivity index (χ0v) is 24.5. The summed E-state index contributed by atoms with van der Waals surface area (Å²) in [6.07, 6.45) is 0. The fraction of sp³-hybridized carbons (Fsp3) is 0. The van der Waals surface area contributed by atoms with Gasteiger partial charge in [0.25, 0.3) is 0 Å². The van der Waals surface area contributed by atoms with Crippen LogP contribution in [0.15, 0.2) is 158 Å². The van der Waals surface area contributed by atoms with Crippen LogP contribution < -0.4 is 0 Å². The number of hydrogen-bond donors (Lipinski definition) is 1. The van der Waals surface area contributed by atoms with Crippen LogP contribution in [0.2, 0.25) is 0 Å². The zero-order valence-electron chi connectivity index (χ0n) is 24.5. The lowest BCUT2D eigenvalue weighted by atomic mass is 9.83. The Kier molecular flexibility index (Phi) is 5.06. The molecular formula is C44H27N. The molecule has 1 N–H and O–H groups in total. The number of nitrogens with one attached hydrogen (secondary N) is 1. The predicted molar refractivity (Wildman–Crippen MR) is 194 cm³/mol. The lowest BCUT2D eigenvalue weighted by Gasteiger charge is -2.19. The first-order valence-electron chi connectivity index (χ1n) is 15.6. The normalized spacial score (nSPS) is 12.0. The Morgan fingerprint density at radius 3 is 1.58 bits per heavy atom. The van der Waals surface area contributed by atoms with E-state index in [-0.39, 0.29) is 0 Å². The number of benzene rings is 9. The van der Waals surface area contributed by atoms with Crippen molar-refractivity contribution in [2.45, 2.75) is 0 Å². The van der Waals surface area contributed by atoms with Crippen molar-refractivity contribution in [1.29, 1.82) is 0 Å². The molecule has 0 radical (unpaired) electrons. The van der Waals surface area contributed by atoms with Gasteiger partial charge in [0.2, 0.25) is 0 Å². The van der Waals surface area contributed by atoms with E-state index in [2.05, 4.69) is 163 Å². The quantitative estimate of drug-likeness (QED) is 0.157. The number of hydrogen-bond acceptors (Lipinski definition) is 0. The molecule has 0 saturated heterocycles. The summed E-state index contributed by atoms with van der Waals surface area (Å²) < 4.78 is 0. The molecular weight excluding hydrogens is 542 g/mol. The maximum Gasteiger partial charge on any atom is 0.0544 e. The van der Waals surface area contributed by atoms with E-state index < -0.39 is 0 Å². The van der Waals surface area contributed by atoms with E-state index in [1.165, 1.54) is 92.4 Å². The summed E-state index contributed by atoms with van der Waals surface area (Å²) in [5.41, 5.74) is 7.46. The highest BCUT2D eigenvalue weighted by molar-refractivity contribution is 6.26. The minimum atomic E-state index is 1.16. The van der Waals surface area contributed by atoms with Crippen molar-refractivity contribution in [2.24, 2.45) is 0 Å². The lowest BCUT2D eigenvalue weighted by molar-refractivity contribution is 1.56. The Labute approximate surface area is 260 Å². The monoisotopic (exact) mass is 569 g/mol. The number of rotatable bonds is 2. The van der Waals surface area contributed by atoms with Crippen molar-refractivity contribution in [2.75, 3.05) is 0 Å². The van der Waals surface area contributed by atoms with Gasteiger partial charge in [-0.15, -0.1) is 0 Å². The Balaban J connectivity index is 1.32. The standard InChI is InChI=1S/C44H27N/c1-4-14-31-27(11-1)21-23-38-39-26-29(22-24-41(39)45-44(31)38)42-34-17-7-9-19-36(34)43(37-20-10-8-18-35(37)42)40-25-28-12-2-3-13-30(28)32-15-5-6-16-33(32)40/h1-26,45H. The first-order chi connectivity index (χ1) is 22.3. The zero-order chi connectivity index (χ0) is 29.5. The molecule has 0 aliphatic rings. The molecule has 0 aliphatic carbocycles. The molecule has 1 nitrogen and oxygen atoms in total. The van der Waals surface area contributed by atoms with Crippen molar-refractivity contribution in [3.05, 3.63) is 158 Å². The second-order valence-electron chi connectivity index (χ2n) is 12.1. The Morgan fingerprint density at radius 1 is 0.311 bits per heavy atom. The molecule has 0 amide bonds. The molecule has 0 saturated carbocycles. The van der Waals surface area contributed by atoms with E-state index in [0.717, 1.165) is 5.52 Å². The minimum absolute atomic E-state index is 1.16. The minimum Gasteiger partial charge on any atom is -0.354 e. The molecule has 0 fully saturated rings. The Morgan fingerprint density at radius 2 is 0.867 bits per heavy atom. The Hall–Kier alpha value is -5.92. The van der Waals surface area contributed by atoms with Crippen molar-refractivity contribution < 1.29 is 0 Å². The lowest BCUT2D eigenvalue weighted by Crippen LogP contribution is -1.92. The summed E-state index contributed by atoms with van der Waals surface area (Å²) >= 11 is 0. The molecule has 10 rings (SSSR count). The molecule has 0 atom stereocenters. The third kappa shape index (κ3) is 3.50. The van der Waals surface area contributed by atoms with Crippen molar-refractivity contribution >= 4 is 75.7 Å². The number of aromatic nitrogens is 1. The average molecular weight is 570 g/mol. The van der Waals surface area contributed by atoms with E-state index in [1.54, 1.807) is 0 Å². The third-order valence-electron chi connectivity index (χ3n) is 9.76. The molecule has 1 heterocycles. The highest BCUT2D eigenvalue weighted by atomic mass is 14.7. The van der Waals surface area contributed by atoms with Gasteiger partial charge in [0.05, 0.1) is 5.52 Å². The first kappa shape index (κ1) is 24.5. The van der Waals surface area contributed by atoms with Gasteiger partial charge in [-0.25, -0.2) is 0 Å². The van der Waals surface area contributed by atoms with Crippen LogP contribution >= 0.6 is 0 Å². The second-order valence-corrected chi connectivity index (χ2v) is 12.1. The first-order valence-corrected chi connectivity index (χ1v) is 15.6. The van der Waals surface area contributed by atoms with Gasteiger partial charge in [0.1, 0.15) is 0 Å². The van der Waals surface area contributed by atoms with E-state index in [4.69, 9.17) is 0 Å². The number of H-pyrrole nitrogens is 1. The smallest absolute Gasteiger partial charge is 0.0544 e. The third-order valence-corrected chi connectivity index (χ3v) is 9.76. The van der Waals surface area contributed by atoms with Crippen molar-refractivity contribution in [3.8, 4) is 22.3 Å². The summed E-state index contributed by atoms with van der Waals surface area (Å²) in [7, 11) is 0. The molecule has 0 aliphatic heterocycles. The van der Waals surface area contributed by atoms with E-state index in [9.17, 15) is 0 Å². The maximum absolute atomic E-state index is 3.74. The van der Waals surface area contributed by atoms with Crippen LogP contribution in [-0.2, 0) is 0 Å². The molecule has 208 valence electrons. The fourth-order valence-electron chi connectivity index (χ4n) is 7.79. The Bertz CT molecular complexity index is 2760. The van der Waals surface area contributed by atoms with Crippen LogP contribution in [0.4, 0.5) is 0 Å².